The van der Waals surface area contributed by atoms with Crippen LogP contribution in [0.15, 0.2) is 18.2 Å². The van der Waals surface area contributed by atoms with Crippen LogP contribution in [-0.2, 0) is 4.74 Å². The SMILES string of the molecule is COC1CCC(Nc2ccc(Cl)cc2I)CC1. The fourth-order valence-electron chi connectivity index (χ4n) is 2.27. The summed E-state index contributed by atoms with van der Waals surface area (Å²) >= 11 is 8.27. The Kier molecular flexibility index (Phi) is 4.94. The minimum Gasteiger partial charge on any atom is -0.381 e. The highest BCUT2D eigenvalue weighted by Gasteiger charge is 2.20. The average Bonchev–Trinajstić information content (AvgIpc) is 2.34. The molecule has 94 valence electrons. The fraction of sp³-hybridized carbons (Fsp3) is 0.538. The Hall–Kier alpha value is -0.000000000000000111. The van der Waals surface area contributed by atoms with Gasteiger partial charge in [-0.1, -0.05) is 11.6 Å². The number of anilines is 1. The zero-order valence-corrected chi connectivity index (χ0v) is 12.8. The molecule has 0 unspecified atom stereocenters. The molecular formula is C13H17ClINO. The van der Waals surface area contributed by atoms with Crippen LogP contribution in [0.2, 0.25) is 5.02 Å². The molecule has 0 heterocycles. The van der Waals surface area contributed by atoms with Crippen LogP contribution in [0.1, 0.15) is 25.7 Å². The van der Waals surface area contributed by atoms with Gasteiger partial charge >= 0.3 is 0 Å². The van der Waals surface area contributed by atoms with Crippen molar-refractivity contribution in [1.29, 1.82) is 0 Å². The van der Waals surface area contributed by atoms with Gasteiger partial charge in [-0.3, -0.25) is 0 Å². The highest BCUT2D eigenvalue weighted by Crippen LogP contribution is 2.27. The quantitative estimate of drug-likeness (QED) is 0.806. The molecular weight excluding hydrogens is 349 g/mol. The molecule has 0 aliphatic heterocycles. The summed E-state index contributed by atoms with van der Waals surface area (Å²) in [5.41, 5.74) is 1.19. The minimum absolute atomic E-state index is 0.456. The summed E-state index contributed by atoms with van der Waals surface area (Å²) in [6, 6.07) is 6.56. The van der Waals surface area contributed by atoms with Crippen molar-refractivity contribution in [3.63, 3.8) is 0 Å². The number of hydrogen-bond donors (Lipinski definition) is 1. The van der Waals surface area contributed by atoms with Gasteiger partial charge in [-0.25, -0.2) is 0 Å². The van der Waals surface area contributed by atoms with Crippen molar-refractivity contribution in [2.45, 2.75) is 37.8 Å². The van der Waals surface area contributed by atoms with E-state index in [2.05, 4.69) is 34.0 Å². The van der Waals surface area contributed by atoms with E-state index in [9.17, 15) is 0 Å². The molecule has 0 amide bonds. The maximum atomic E-state index is 5.95. The number of methoxy groups -OCH3 is 1. The van der Waals surface area contributed by atoms with E-state index in [1.807, 2.05) is 12.1 Å². The van der Waals surface area contributed by atoms with Gasteiger partial charge in [0.1, 0.15) is 0 Å². The molecule has 1 aromatic rings. The lowest BCUT2D eigenvalue weighted by atomic mass is 9.93. The van der Waals surface area contributed by atoms with Gasteiger partial charge in [0.05, 0.1) is 6.10 Å². The number of hydrogen-bond acceptors (Lipinski definition) is 2. The standard InChI is InChI=1S/C13H17ClINO/c1-17-11-5-3-10(4-6-11)16-13-7-2-9(14)8-12(13)15/h2,7-8,10-11,16H,3-6H2,1H3. The molecule has 0 aromatic heterocycles. The molecule has 1 fully saturated rings. The maximum absolute atomic E-state index is 5.95. The molecule has 0 bridgehead atoms. The first-order valence-corrected chi connectivity index (χ1v) is 7.39. The van der Waals surface area contributed by atoms with Gasteiger partial charge in [0.2, 0.25) is 0 Å². The molecule has 1 aliphatic rings. The van der Waals surface area contributed by atoms with Crippen LogP contribution in [0.4, 0.5) is 5.69 Å². The first-order chi connectivity index (χ1) is 8.19. The molecule has 1 saturated carbocycles. The Bertz CT molecular complexity index is 378. The Morgan fingerprint density at radius 2 is 2.00 bits per heavy atom. The Morgan fingerprint density at radius 3 is 2.59 bits per heavy atom. The zero-order valence-electron chi connectivity index (χ0n) is 9.88. The average molecular weight is 366 g/mol. The monoisotopic (exact) mass is 365 g/mol. The van der Waals surface area contributed by atoms with Gasteiger partial charge in [-0.2, -0.15) is 0 Å². The second-order valence-corrected chi connectivity index (χ2v) is 6.08. The predicted molar refractivity (Wildman–Crippen MR) is 80.8 cm³/mol. The van der Waals surface area contributed by atoms with Crippen LogP contribution in [0.5, 0.6) is 0 Å². The van der Waals surface area contributed by atoms with Crippen molar-refractivity contribution >= 4 is 39.9 Å². The van der Waals surface area contributed by atoms with E-state index in [0.29, 0.717) is 12.1 Å². The molecule has 1 aliphatic carbocycles. The van der Waals surface area contributed by atoms with E-state index in [4.69, 9.17) is 16.3 Å². The third-order valence-electron chi connectivity index (χ3n) is 3.30. The number of benzene rings is 1. The lowest BCUT2D eigenvalue weighted by Gasteiger charge is -2.29. The number of nitrogens with one attached hydrogen (secondary N) is 1. The largest absolute Gasteiger partial charge is 0.381 e. The molecule has 0 atom stereocenters. The van der Waals surface area contributed by atoms with Crippen molar-refractivity contribution in [3.05, 3.63) is 26.8 Å². The predicted octanol–water partition coefficient (Wildman–Crippen LogP) is 4.31. The Labute approximate surface area is 121 Å². The lowest BCUT2D eigenvalue weighted by molar-refractivity contribution is 0.0682. The second kappa shape index (κ2) is 6.25. The van der Waals surface area contributed by atoms with Crippen molar-refractivity contribution < 1.29 is 4.74 Å². The van der Waals surface area contributed by atoms with E-state index in [0.717, 1.165) is 17.9 Å². The van der Waals surface area contributed by atoms with E-state index < -0.39 is 0 Å². The van der Waals surface area contributed by atoms with Crippen LogP contribution in [0, 0.1) is 3.57 Å². The summed E-state index contributed by atoms with van der Waals surface area (Å²) in [7, 11) is 1.81. The summed E-state index contributed by atoms with van der Waals surface area (Å²) in [4.78, 5) is 0. The lowest BCUT2D eigenvalue weighted by Crippen LogP contribution is -2.29. The molecule has 0 radical (unpaired) electrons. The Morgan fingerprint density at radius 1 is 1.29 bits per heavy atom. The normalized spacial score (nSPS) is 24.6. The first kappa shape index (κ1) is 13.4. The molecule has 4 heteroatoms. The Balaban J connectivity index is 1.93. The van der Waals surface area contributed by atoms with Gasteiger partial charge in [0, 0.05) is 27.4 Å². The van der Waals surface area contributed by atoms with Crippen molar-refractivity contribution in [2.24, 2.45) is 0 Å². The topological polar surface area (TPSA) is 21.3 Å². The van der Waals surface area contributed by atoms with Crippen molar-refractivity contribution in [2.75, 3.05) is 12.4 Å². The van der Waals surface area contributed by atoms with Gasteiger partial charge < -0.3 is 10.1 Å². The molecule has 0 spiro atoms. The van der Waals surface area contributed by atoms with Gasteiger partial charge in [-0.05, 0) is 66.5 Å². The molecule has 17 heavy (non-hydrogen) atoms. The summed E-state index contributed by atoms with van der Waals surface area (Å²) in [5, 5.41) is 4.39. The van der Waals surface area contributed by atoms with Crippen LogP contribution in [-0.4, -0.2) is 19.3 Å². The highest BCUT2D eigenvalue weighted by atomic mass is 127. The third kappa shape index (κ3) is 3.73. The van der Waals surface area contributed by atoms with Gasteiger partial charge in [0.25, 0.3) is 0 Å². The van der Waals surface area contributed by atoms with Crippen LogP contribution in [0.3, 0.4) is 0 Å². The van der Waals surface area contributed by atoms with E-state index in [-0.39, 0.29) is 0 Å². The molecule has 1 aromatic carbocycles. The fourth-order valence-corrected chi connectivity index (χ4v) is 3.30. The summed E-state index contributed by atoms with van der Waals surface area (Å²) < 4.78 is 6.57. The first-order valence-electron chi connectivity index (χ1n) is 5.93. The van der Waals surface area contributed by atoms with E-state index in [1.54, 1.807) is 7.11 Å². The smallest absolute Gasteiger partial charge is 0.0572 e. The summed E-state index contributed by atoms with van der Waals surface area (Å²) in [6.07, 6.45) is 5.11. The summed E-state index contributed by atoms with van der Waals surface area (Å²) in [6.45, 7) is 0. The summed E-state index contributed by atoms with van der Waals surface area (Å²) in [5.74, 6) is 0. The zero-order chi connectivity index (χ0) is 12.3. The number of halogens is 2. The highest BCUT2D eigenvalue weighted by molar-refractivity contribution is 14.1. The second-order valence-electron chi connectivity index (χ2n) is 4.48. The third-order valence-corrected chi connectivity index (χ3v) is 4.43. The molecule has 2 rings (SSSR count). The van der Waals surface area contributed by atoms with Crippen molar-refractivity contribution in [3.8, 4) is 0 Å². The van der Waals surface area contributed by atoms with Crippen LogP contribution >= 0.6 is 34.2 Å². The van der Waals surface area contributed by atoms with E-state index >= 15 is 0 Å². The molecule has 0 saturated heterocycles. The van der Waals surface area contributed by atoms with Crippen molar-refractivity contribution in [1.82, 2.24) is 0 Å². The van der Waals surface area contributed by atoms with Gasteiger partial charge in [-0.15, -0.1) is 0 Å². The molecule has 1 N–H and O–H groups in total. The maximum Gasteiger partial charge on any atom is 0.0572 e. The molecule has 2 nitrogen and oxygen atoms in total. The van der Waals surface area contributed by atoms with Gasteiger partial charge in [0.15, 0.2) is 0 Å². The van der Waals surface area contributed by atoms with Crippen LogP contribution < -0.4 is 5.32 Å². The van der Waals surface area contributed by atoms with E-state index in [1.165, 1.54) is 22.1 Å². The number of ether oxygens (including phenoxy) is 1. The van der Waals surface area contributed by atoms with Crippen LogP contribution in [0.25, 0.3) is 0 Å². The minimum atomic E-state index is 0.456. The number of rotatable bonds is 3.